The highest BCUT2D eigenvalue weighted by molar-refractivity contribution is 5.21. The lowest BCUT2D eigenvalue weighted by atomic mass is 9.84. The zero-order chi connectivity index (χ0) is 14.1. The summed E-state index contributed by atoms with van der Waals surface area (Å²) >= 11 is 0. The van der Waals surface area contributed by atoms with Crippen molar-refractivity contribution in [1.82, 2.24) is 14.7 Å². The summed E-state index contributed by atoms with van der Waals surface area (Å²) in [6, 6.07) is -0.374. The summed E-state index contributed by atoms with van der Waals surface area (Å²) in [5.74, 6) is 0.740. The lowest BCUT2D eigenvalue weighted by Crippen LogP contribution is -2.45. The number of hydrogen-bond donors (Lipinski definition) is 0. The number of nitrogens with zero attached hydrogens (tertiary/aromatic N) is 4. The van der Waals surface area contributed by atoms with Crippen molar-refractivity contribution in [2.24, 2.45) is 5.92 Å². The minimum absolute atomic E-state index is 0.0749. The Morgan fingerprint density at radius 3 is 2.80 bits per heavy atom. The molecule has 1 aliphatic carbocycles. The van der Waals surface area contributed by atoms with Crippen LogP contribution in [0.1, 0.15) is 31.7 Å². The van der Waals surface area contributed by atoms with Crippen molar-refractivity contribution in [1.29, 1.82) is 0 Å². The number of halogens is 1. The molecule has 1 saturated heterocycles. The maximum Gasteiger partial charge on any atom is 0.307 e. The smallest absolute Gasteiger partial charge is 0.300 e. The van der Waals surface area contributed by atoms with Gasteiger partial charge in [-0.05, 0) is 25.2 Å². The minimum atomic E-state index is -1.01. The molecule has 0 N–H and O–H groups in total. The standard InChI is InChI=1S/C13H19FN4O2/c14-12-9-16(7-10-2-1-3-10)5-4-13(12)17-8-11(6-15-17)18(19)20/h6,8,10,12-13H,1-5,7,9H2. The Kier molecular flexibility index (Phi) is 3.69. The van der Waals surface area contributed by atoms with Crippen molar-refractivity contribution in [2.75, 3.05) is 19.6 Å². The molecule has 2 atom stereocenters. The van der Waals surface area contributed by atoms with E-state index >= 15 is 0 Å². The van der Waals surface area contributed by atoms with Crippen molar-refractivity contribution < 1.29 is 9.31 Å². The van der Waals surface area contributed by atoms with Crippen LogP contribution >= 0.6 is 0 Å². The van der Waals surface area contributed by atoms with E-state index in [-0.39, 0.29) is 11.7 Å². The highest BCUT2D eigenvalue weighted by Crippen LogP contribution is 2.31. The summed E-state index contributed by atoms with van der Waals surface area (Å²) in [6.07, 6.45) is 6.00. The molecular formula is C13H19FN4O2. The first kappa shape index (κ1) is 13.5. The van der Waals surface area contributed by atoms with E-state index in [0.29, 0.717) is 13.0 Å². The Morgan fingerprint density at radius 2 is 2.25 bits per heavy atom. The van der Waals surface area contributed by atoms with Gasteiger partial charge in [0.05, 0.1) is 11.0 Å². The van der Waals surface area contributed by atoms with Gasteiger partial charge in [0.2, 0.25) is 0 Å². The van der Waals surface area contributed by atoms with E-state index in [1.165, 1.54) is 36.3 Å². The van der Waals surface area contributed by atoms with Crippen LogP contribution in [0.5, 0.6) is 0 Å². The fraction of sp³-hybridized carbons (Fsp3) is 0.769. The van der Waals surface area contributed by atoms with Gasteiger partial charge >= 0.3 is 5.69 Å². The lowest BCUT2D eigenvalue weighted by Gasteiger charge is -2.38. The predicted octanol–water partition coefficient (Wildman–Crippen LogP) is 2.18. The Balaban J connectivity index is 1.59. The quantitative estimate of drug-likeness (QED) is 0.627. The zero-order valence-corrected chi connectivity index (χ0v) is 11.3. The molecule has 7 heteroatoms. The molecule has 1 aromatic heterocycles. The van der Waals surface area contributed by atoms with Crippen molar-refractivity contribution >= 4 is 5.69 Å². The Labute approximate surface area is 116 Å². The molecule has 2 unspecified atom stereocenters. The van der Waals surface area contributed by atoms with Gasteiger partial charge in [-0.1, -0.05) is 6.42 Å². The van der Waals surface area contributed by atoms with Crippen molar-refractivity contribution in [3.8, 4) is 0 Å². The van der Waals surface area contributed by atoms with E-state index in [1.54, 1.807) is 0 Å². The van der Waals surface area contributed by atoms with Gasteiger partial charge in [-0.25, -0.2) is 4.39 Å². The van der Waals surface area contributed by atoms with Crippen LogP contribution in [-0.2, 0) is 0 Å². The average molecular weight is 282 g/mol. The molecule has 2 fully saturated rings. The molecule has 2 heterocycles. The Hall–Kier alpha value is -1.50. The number of likely N-dealkylation sites (tertiary alicyclic amines) is 1. The molecule has 1 saturated carbocycles. The van der Waals surface area contributed by atoms with Gasteiger partial charge in [0.25, 0.3) is 0 Å². The number of hydrogen-bond acceptors (Lipinski definition) is 4. The molecule has 0 bridgehead atoms. The van der Waals surface area contributed by atoms with E-state index in [1.807, 2.05) is 0 Å². The second-order valence-corrected chi connectivity index (χ2v) is 5.86. The Morgan fingerprint density at radius 1 is 1.45 bits per heavy atom. The van der Waals surface area contributed by atoms with Gasteiger partial charge in [-0.15, -0.1) is 0 Å². The third kappa shape index (κ3) is 2.67. The molecule has 110 valence electrons. The van der Waals surface area contributed by atoms with Crippen molar-refractivity contribution in [3.05, 3.63) is 22.5 Å². The minimum Gasteiger partial charge on any atom is -0.300 e. The molecule has 0 spiro atoms. The molecule has 6 nitrogen and oxygen atoms in total. The number of nitro groups is 1. The van der Waals surface area contributed by atoms with Crippen LogP contribution in [-0.4, -0.2) is 45.4 Å². The lowest BCUT2D eigenvalue weighted by molar-refractivity contribution is -0.385. The molecule has 0 aromatic carbocycles. The molecule has 20 heavy (non-hydrogen) atoms. The Bertz CT molecular complexity index is 488. The van der Waals surface area contributed by atoms with Gasteiger partial charge < -0.3 is 4.90 Å². The van der Waals surface area contributed by atoms with Gasteiger partial charge in [0.15, 0.2) is 0 Å². The summed E-state index contributed by atoms with van der Waals surface area (Å²) in [7, 11) is 0. The van der Waals surface area contributed by atoms with Crippen molar-refractivity contribution in [2.45, 2.75) is 37.9 Å². The van der Waals surface area contributed by atoms with Gasteiger partial charge in [0, 0.05) is 19.6 Å². The van der Waals surface area contributed by atoms with E-state index in [0.717, 1.165) is 19.0 Å². The second kappa shape index (κ2) is 5.47. The first-order valence-electron chi connectivity index (χ1n) is 7.18. The normalized spacial score (nSPS) is 28.2. The molecule has 1 aromatic rings. The molecule has 1 aliphatic heterocycles. The van der Waals surface area contributed by atoms with Gasteiger partial charge in [-0.3, -0.25) is 14.8 Å². The zero-order valence-electron chi connectivity index (χ0n) is 11.3. The predicted molar refractivity (Wildman–Crippen MR) is 71.2 cm³/mol. The number of alkyl halides is 1. The van der Waals surface area contributed by atoms with Crippen LogP contribution in [0.2, 0.25) is 0 Å². The average Bonchev–Trinajstić information content (AvgIpc) is 2.83. The molecule has 2 aliphatic rings. The topological polar surface area (TPSA) is 64.2 Å². The van der Waals surface area contributed by atoms with Crippen LogP contribution in [0.4, 0.5) is 10.1 Å². The van der Waals surface area contributed by atoms with E-state index in [2.05, 4.69) is 10.00 Å². The first-order valence-corrected chi connectivity index (χ1v) is 7.18. The highest BCUT2D eigenvalue weighted by atomic mass is 19.1. The molecule has 3 rings (SSSR count). The maximum atomic E-state index is 14.3. The monoisotopic (exact) mass is 282 g/mol. The summed E-state index contributed by atoms with van der Waals surface area (Å²) < 4.78 is 15.7. The number of piperidine rings is 1. The number of rotatable bonds is 4. The van der Waals surface area contributed by atoms with Crippen LogP contribution in [0.15, 0.2) is 12.4 Å². The fourth-order valence-electron chi connectivity index (χ4n) is 3.06. The first-order chi connectivity index (χ1) is 9.63. The summed E-state index contributed by atoms with van der Waals surface area (Å²) in [6.45, 7) is 2.25. The van der Waals surface area contributed by atoms with Crippen LogP contribution in [0.3, 0.4) is 0 Å². The van der Waals surface area contributed by atoms with Gasteiger partial charge in [-0.2, -0.15) is 5.10 Å². The SMILES string of the molecule is O=[N+]([O-])c1cnn(C2CCN(CC3CCC3)CC2F)c1. The van der Waals surface area contributed by atoms with E-state index < -0.39 is 11.1 Å². The summed E-state index contributed by atoms with van der Waals surface area (Å²) in [5, 5.41) is 14.6. The molecule has 0 radical (unpaired) electrons. The third-order valence-corrected chi connectivity index (χ3v) is 4.47. The maximum absolute atomic E-state index is 14.3. The highest BCUT2D eigenvalue weighted by Gasteiger charge is 2.33. The second-order valence-electron chi connectivity index (χ2n) is 5.86. The van der Waals surface area contributed by atoms with Crippen LogP contribution in [0.25, 0.3) is 0 Å². The largest absolute Gasteiger partial charge is 0.307 e. The van der Waals surface area contributed by atoms with E-state index in [9.17, 15) is 14.5 Å². The molecular weight excluding hydrogens is 263 g/mol. The molecule has 0 amide bonds. The van der Waals surface area contributed by atoms with E-state index in [4.69, 9.17) is 0 Å². The third-order valence-electron chi connectivity index (χ3n) is 4.47. The summed E-state index contributed by atoms with van der Waals surface area (Å²) in [5.41, 5.74) is -0.0749. The van der Waals surface area contributed by atoms with Crippen LogP contribution in [0, 0.1) is 16.0 Å². The fourth-order valence-corrected chi connectivity index (χ4v) is 3.06. The van der Waals surface area contributed by atoms with Gasteiger partial charge in [0.1, 0.15) is 18.6 Å². The summed E-state index contributed by atoms with van der Waals surface area (Å²) in [4.78, 5) is 12.3. The van der Waals surface area contributed by atoms with Crippen molar-refractivity contribution in [3.63, 3.8) is 0 Å². The number of aromatic nitrogens is 2. The van der Waals surface area contributed by atoms with Crippen LogP contribution < -0.4 is 0 Å².